The fraction of sp³-hybridized carbons (Fsp3) is 0.148. The quantitative estimate of drug-likeness (QED) is 0.394. The number of rotatable bonds is 5. The lowest BCUT2D eigenvalue weighted by Crippen LogP contribution is -2.14. The summed E-state index contributed by atoms with van der Waals surface area (Å²) in [6.45, 7) is 4.51. The molecule has 1 amide bonds. The van der Waals surface area contributed by atoms with E-state index in [1.54, 1.807) is 13.2 Å². The van der Waals surface area contributed by atoms with Crippen molar-refractivity contribution in [2.24, 2.45) is 0 Å². The van der Waals surface area contributed by atoms with Gasteiger partial charge in [0.05, 0.1) is 41.8 Å². The monoisotopic (exact) mass is 436 g/mol. The molecule has 5 rings (SSSR count). The van der Waals surface area contributed by atoms with Crippen LogP contribution in [0, 0.1) is 13.8 Å². The molecule has 0 fully saturated rings. The van der Waals surface area contributed by atoms with Crippen molar-refractivity contribution >= 4 is 33.3 Å². The molecule has 0 bridgehead atoms. The van der Waals surface area contributed by atoms with Crippen molar-refractivity contribution in [1.82, 2.24) is 14.8 Å². The molecule has 0 atom stereocenters. The van der Waals surface area contributed by atoms with Gasteiger partial charge in [-0.3, -0.25) is 9.48 Å². The largest absolute Gasteiger partial charge is 0.481 e. The maximum Gasteiger partial charge on any atom is 0.256 e. The van der Waals surface area contributed by atoms with E-state index in [0.717, 1.165) is 28.0 Å². The molecule has 0 aliphatic carbocycles. The highest BCUT2D eigenvalue weighted by Crippen LogP contribution is 2.26. The summed E-state index contributed by atoms with van der Waals surface area (Å²) in [5.41, 5.74) is 4.77. The average molecular weight is 437 g/mol. The van der Waals surface area contributed by atoms with E-state index in [9.17, 15) is 4.79 Å². The maximum atomic E-state index is 13.3. The predicted molar refractivity (Wildman–Crippen MR) is 131 cm³/mol. The molecular weight excluding hydrogens is 412 g/mol. The molecule has 0 aliphatic heterocycles. The van der Waals surface area contributed by atoms with E-state index < -0.39 is 0 Å². The Morgan fingerprint density at radius 2 is 1.73 bits per heavy atom. The third-order valence-corrected chi connectivity index (χ3v) is 5.91. The topological polar surface area (TPSA) is 69.0 Å². The maximum absolute atomic E-state index is 13.3. The Labute approximate surface area is 191 Å². The number of hydrogen-bond acceptors (Lipinski definition) is 4. The minimum Gasteiger partial charge on any atom is -0.481 e. The molecule has 6 nitrogen and oxygen atoms in total. The van der Waals surface area contributed by atoms with Crippen molar-refractivity contribution in [3.05, 3.63) is 95.3 Å². The highest BCUT2D eigenvalue weighted by molar-refractivity contribution is 6.13. The van der Waals surface area contributed by atoms with Gasteiger partial charge < -0.3 is 10.1 Å². The number of aromatic nitrogens is 3. The number of nitrogens with zero attached hydrogens (tertiary/aromatic N) is 3. The van der Waals surface area contributed by atoms with Gasteiger partial charge in [-0.25, -0.2) is 4.98 Å². The first kappa shape index (κ1) is 20.7. The number of carbonyl (C=O) groups excluding carboxylic acids is 1. The lowest BCUT2D eigenvalue weighted by molar-refractivity contribution is 0.102. The van der Waals surface area contributed by atoms with Gasteiger partial charge in [0.1, 0.15) is 0 Å². The van der Waals surface area contributed by atoms with Gasteiger partial charge in [-0.15, -0.1) is 0 Å². The van der Waals surface area contributed by atoms with Gasteiger partial charge in [-0.2, -0.15) is 5.10 Å². The van der Waals surface area contributed by atoms with Crippen LogP contribution >= 0.6 is 0 Å². The van der Waals surface area contributed by atoms with Crippen molar-refractivity contribution in [3.8, 4) is 5.88 Å². The normalized spacial score (nSPS) is 11.1. The molecule has 0 saturated carbocycles. The number of aryl methyl sites for hydroxylation is 1. The standard InChI is InChI=1S/C27H24N4O2/c1-17-26(29-27(32)23-15-25(33-3)28-24-11-7-6-10-22(23)24)18(2)31(30-17)16-19-12-13-20-8-4-5-9-21(20)14-19/h4-15H,16H2,1-3H3,(H,29,32). The van der Waals surface area contributed by atoms with Crippen LogP contribution in [-0.2, 0) is 6.54 Å². The van der Waals surface area contributed by atoms with Crippen LogP contribution in [0.25, 0.3) is 21.7 Å². The molecule has 2 aromatic heterocycles. The number of ether oxygens (including phenoxy) is 1. The zero-order valence-corrected chi connectivity index (χ0v) is 18.8. The summed E-state index contributed by atoms with van der Waals surface area (Å²) in [6.07, 6.45) is 0. The third-order valence-electron chi connectivity index (χ3n) is 5.91. The van der Waals surface area contributed by atoms with Crippen LogP contribution in [0.1, 0.15) is 27.3 Å². The van der Waals surface area contributed by atoms with E-state index in [1.165, 1.54) is 10.8 Å². The van der Waals surface area contributed by atoms with Crippen LogP contribution in [0.2, 0.25) is 0 Å². The lowest BCUT2D eigenvalue weighted by Gasteiger charge is -2.11. The SMILES string of the molecule is COc1cc(C(=O)Nc2c(C)nn(Cc3ccc4ccccc4c3)c2C)c2ccccc2n1. The first-order valence-corrected chi connectivity index (χ1v) is 10.8. The lowest BCUT2D eigenvalue weighted by atomic mass is 10.1. The van der Waals surface area contributed by atoms with Gasteiger partial charge in [0, 0.05) is 11.5 Å². The molecule has 3 aromatic carbocycles. The number of carbonyl (C=O) groups is 1. The number of para-hydroxylation sites is 1. The van der Waals surface area contributed by atoms with E-state index in [-0.39, 0.29) is 5.91 Å². The zero-order chi connectivity index (χ0) is 22.9. The Hall–Kier alpha value is -4.19. The molecule has 0 unspecified atom stereocenters. The van der Waals surface area contributed by atoms with Crippen LogP contribution < -0.4 is 10.1 Å². The minimum absolute atomic E-state index is 0.219. The van der Waals surface area contributed by atoms with E-state index in [2.05, 4.69) is 40.6 Å². The molecule has 2 heterocycles. The molecule has 0 radical (unpaired) electrons. The summed E-state index contributed by atoms with van der Waals surface area (Å²) < 4.78 is 7.24. The van der Waals surface area contributed by atoms with Crippen LogP contribution in [0.5, 0.6) is 5.88 Å². The number of hydrogen-bond donors (Lipinski definition) is 1. The van der Waals surface area contributed by atoms with E-state index in [4.69, 9.17) is 9.84 Å². The summed E-state index contributed by atoms with van der Waals surface area (Å²) in [5, 5.41) is 10.9. The van der Waals surface area contributed by atoms with Gasteiger partial charge in [0.15, 0.2) is 0 Å². The molecular formula is C27H24N4O2. The number of anilines is 1. The Morgan fingerprint density at radius 3 is 2.55 bits per heavy atom. The first-order valence-electron chi connectivity index (χ1n) is 10.8. The highest BCUT2D eigenvalue weighted by atomic mass is 16.5. The first-order chi connectivity index (χ1) is 16.0. The Morgan fingerprint density at radius 1 is 0.970 bits per heavy atom. The molecule has 33 heavy (non-hydrogen) atoms. The number of benzene rings is 3. The van der Waals surface area contributed by atoms with Crippen LogP contribution in [-0.4, -0.2) is 27.8 Å². The Kier molecular flexibility index (Phi) is 5.26. The molecule has 6 heteroatoms. The summed E-state index contributed by atoms with van der Waals surface area (Å²) in [5.74, 6) is 0.183. The molecule has 0 aliphatic rings. The van der Waals surface area contributed by atoms with E-state index in [0.29, 0.717) is 23.5 Å². The van der Waals surface area contributed by atoms with Gasteiger partial charge in [0.25, 0.3) is 5.91 Å². The summed E-state index contributed by atoms with van der Waals surface area (Å²) in [7, 11) is 1.55. The van der Waals surface area contributed by atoms with Crippen LogP contribution in [0.4, 0.5) is 5.69 Å². The van der Waals surface area contributed by atoms with Crippen LogP contribution in [0.3, 0.4) is 0 Å². The second kappa shape index (κ2) is 8.39. The number of amides is 1. The number of methoxy groups -OCH3 is 1. The fourth-order valence-electron chi connectivity index (χ4n) is 4.17. The van der Waals surface area contributed by atoms with Crippen molar-refractivity contribution in [2.45, 2.75) is 20.4 Å². The van der Waals surface area contributed by atoms with Gasteiger partial charge in [0.2, 0.25) is 5.88 Å². The molecule has 0 spiro atoms. The average Bonchev–Trinajstić information content (AvgIpc) is 3.10. The number of nitrogens with one attached hydrogen (secondary N) is 1. The Bertz CT molecular complexity index is 1500. The molecule has 164 valence electrons. The fourth-order valence-corrected chi connectivity index (χ4v) is 4.17. The van der Waals surface area contributed by atoms with Crippen molar-refractivity contribution < 1.29 is 9.53 Å². The van der Waals surface area contributed by atoms with Gasteiger partial charge in [-0.05, 0) is 42.3 Å². The minimum atomic E-state index is -0.219. The predicted octanol–water partition coefficient (Wildman–Crippen LogP) is 5.51. The van der Waals surface area contributed by atoms with Crippen molar-refractivity contribution in [1.29, 1.82) is 0 Å². The van der Waals surface area contributed by atoms with Crippen LogP contribution in [0.15, 0.2) is 72.8 Å². The summed E-state index contributed by atoms with van der Waals surface area (Å²) >= 11 is 0. The van der Waals surface area contributed by atoms with E-state index in [1.807, 2.05) is 54.9 Å². The second-order valence-electron chi connectivity index (χ2n) is 8.07. The van der Waals surface area contributed by atoms with Crippen molar-refractivity contribution in [3.63, 3.8) is 0 Å². The second-order valence-corrected chi connectivity index (χ2v) is 8.07. The third kappa shape index (κ3) is 3.91. The number of fused-ring (bicyclic) bond motifs is 2. The summed E-state index contributed by atoms with van der Waals surface area (Å²) in [4.78, 5) is 17.7. The van der Waals surface area contributed by atoms with Gasteiger partial charge in [-0.1, -0.05) is 54.6 Å². The zero-order valence-electron chi connectivity index (χ0n) is 18.8. The highest BCUT2D eigenvalue weighted by Gasteiger charge is 2.18. The molecule has 1 N–H and O–H groups in total. The van der Waals surface area contributed by atoms with Gasteiger partial charge >= 0.3 is 0 Å². The molecule has 5 aromatic rings. The Balaban J connectivity index is 1.45. The smallest absolute Gasteiger partial charge is 0.256 e. The van der Waals surface area contributed by atoms with Crippen molar-refractivity contribution in [2.75, 3.05) is 12.4 Å². The summed E-state index contributed by atoms with van der Waals surface area (Å²) in [6, 6.07) is 23.9. The number of pyridine rings is 1. The van der Waals surface area contributed by atoms with E-state index >= 15 is 0 Å². The molecule has 0 saturated heterocycles.